The van der Waals surface area contributed by atoms with Crippen molar-refractivity contribution in [2.75, 3.05) is 39.3 Å². The van der Waals surface area contributed by atoms with E-state index in [2.05, 4.69) is 15.1 Å². The van der Waals surface area contributed by atoms with Gasteiger partial charge in [0, 0.05) is 18.5 Å². The lowest BCUT2D eigenvalue weighted by Crippen LogP contribution is -2.35. The molecule has 0 aliphatic carbocycles. The molecule has 1 unspecified atom stereocenters. The first-order chi connectivity index (χ1) is 15.2. The lowest BCUT2D eigenvalue weighted by atomic mass is 9.97. The number of oxazole rings is 1. The minimum Gasteiger partial charge on any atom is -0.493 e. The summed E-state index contributed by atoms with van der Waals surface area (Å²) in [5.41, 5.74) is 1.71. The van der Waals surface area contributed by atoms with Crippen molar-refractivity contribution in [1.29, 1.82) is 0 Å². The van der Waals surface area contributed by atoms with E-state index in [0.29, 0.717) is 17.2 Å². The van der Waals surface area contributed by atoms with Gasteiger partial charge >= 0.3 is 0 Å². The molecule has 0 saturated carbocycles. The van der Waals surface area contributed by atoms with Crippen molar-refractivity contribution in [3.63, 3.8) is 0 Å². The second-order valence-corrected chi connectivity index (χ2v) is 7.58. The van der Waals surface area contributed by atoms with E-state index in [9.17, 15) is 0 Å². The van der Waals surface area contributed by atoms with Crippen molar-refractivity contribution in [2.45, 2.75) is 18.8 Å². The Morgan fingerprint density at radius 2 is 1.87 bits per heavy atom. The summed E-state index contributed by atoms with van der Waals surface area (Å²) in [6, 6.07) is 9.80. The molecule has 160 valence electrons. The van der Waals surface area contributed by atoms with Crippen LogP contribution in [-0.4, -0.2) is 49.6 Å². The average Bonchev–Trinajstić information content (AvgIpc) is 3.26. The van der Waals surface area contributed by atoms with Gasteiger partial charge in [-0.05, 0) is 31.0 Å². The summed E-state index contributed by atoms with van der Waals surface area (Å²) in [5.74, 6) is 3.46. The summed E-state index contributed by atoms with van der Waals surface area (Å²) in [7, 11) is 4.82. The standard InChI is InChI=1S/C23H24N4O4/c1-28-19-11-15-16(20(29-2)21(19)30-3)12-24-26-22(15)27-10-6-7-14(13-27)23-25-17-8-4-5-9-18(17)31-23/h4-5,8-9,11-12,14H,6-7,10,13H2,1-3H3. The number of benzene rings is 2. The van der Waals surface area contributed by atoms with Gasteiger partial charge in [0.05, 0.1) is 38.8 Å². The number of hydrogen-bond acceptors (Lipinski definition) is 8. The number of rotatable bonds is 5. The number of nitrogens with zero attached hydrogens (tertiary/aromatic N) is 4. The van der Waals surface area contributed by atoms with Gasteiger partial charge in [-0.25, -0.2) is 4.98 Å². The molecule has 0 bridgehead atoms. The van der Waals surface area contributed by atoms with E-state index in [1.807, 2.05) is 30.3 Å². The largest absolute Gasteiger partial charge is 0.493 e. The Morgan fingerprint density at radius 3 is 2.65 bits per heavy atom. The highest BCUT2D eigenvalue weighted by Gasteiger charge is 2.28. The van der Waals surface area contributed by atoms with Crippen molar-refractivity contribution in [3.05, 3.63) is 42.4 Å². The molecular formula is C23H24N4O4. The third kappa shape index (κ3) is 3.28. The molecular weight excluding hydrogens is 396 g/mol. The Bertz CT molecular complexity index is 1210. The molecule has 3 heterocycles. The number of piperidine rings is 1. The summed E-state index contributed by atoms with van der Waals surface area (Å²) >= 11 is 0. The zero-order chi connectivity index (χ0) is 21.4. The quantitative estimate of drug-likeness (QED) is 0.476. The number of para-hydroxylation sites is 2. The van der Waals surface area contributed by atoms with Crippen LogP contribution in [0.15, 0.2) is 40.9 Å². The maximum absolute atomic E-state index is 6.05. The predicted octanol–water partition coefficient (Wildman–Crippen LogP) is 4.18. The van der Waals surface area contributed by atoms with Crippen LogP contribution in [0.2, 0.25) is 0 Å². The molecule has 1 aliphatic heterocycles. The summed E-state index contributed by atoms with van der Waals surface area (Å²) in [6.07, 6.45) is 3.72. The highest BCUT2D eigenvalue weighted by atomic mass is 16.5. The number of aromatic nitrogens is 3. The summed E-state index contributed by atoms with van der Waals surface area (Å²) in [6.45, 7) is 1.62. The molecule has 5 rings (SSSR count). The Morgan fingerprint density at radius 1 is 1.03 bits per heavy atom. The van der Waals surface area contributed by atoms with Crippen LogP contribution in [0.4, 0.5) is 5.82 Å². The molecule has 8 heteroatoms. The fourth-order valence-corrected chi connectivity index (χ4v) is 4.36. The SMILES string of the molecule is COc1cc2c(N3CCCC(c4nc5ccccc5o4)C3)nncc2c(OC)c1OC. The number of anilines is 1. The Balaban J connectivity index is 1.55. The van der Waals surface area contributed by atoms with Crippen molar-refractivity contribution in [2.24, 2.45) is 0 Å². The van der Waals surface area contributed by atoms with Crippen molar-refractivity contribution in [3.8, 4) is 17.2 Å². The number of hydrogen-bond donors (Lipinski definition) is 0. The lowest BCUT2D eigenvalue weighted by Gasteiger charge is -2.32. The molecule has 2 aromatic heterocycles. The molecule has 1 aliphatic rings. The molecule has 0 spiro atoms. The van der Waals surface area contributed by atoms with Crippen LogP contribution in [-0.2, 0) is 0 Å². The molecule has 1 fully saturated rings. The van der Waals surface area contributed by atoms with Gasteiger partial charge in [-0.2, -0.15) is 5.10 Å². The van der Waals surface area contributed by atoms with E-state index in [4.69, 9.17) is 23.6 Å². The third-order valence-electron chi connectivity index (χ3n) is 5.83. The van der Waals surface area contributed by atoms with Crippen LogP contribution in [0, 0.1) is 0 Å². The van der Waals surface area contributed by atoms with Gasteiger partial charge in [0.2, 0.25) is 5.75 Å². The van der Waals surface area contributed by atoms with Gasteiger partial charge in [-0.3, -0.25) is 0 Å². The first-order valence-corrected chi connectivity index (χ1v) is 10.3. The summed E-state index contributed by atoms with van der Waals surface area (Å²) in [5, 5.41) is 10.5. The normalized spacial score (nSPS) is 16.6. The maximum Gasteiger partial charge on any atom is 0.204 e. The molecule has 0 radical (unpaired) electrons. The number of methoxy groups -OCH3 is 3. The zero-order valence-corrected chi connectivity index (χ0v) is 17.8. The van der Waals surface area contributed by atoms with E-state index < -0.39 is 0 Å². The van der Waals surface area contributed by atoms with Gasteiger partial charge in [0.1, 0.15) is 5.52 Å². The highest BCUT2D eigenvalue weighted by Crippen LogP contribution is 2.45. The van der Waals surface area contributed by atoms with Crippen LogP contribution in [0.25, 0.3) is 21.9 Å². The lowest BCUT2D eigenvalue weighted by molar-refractivity contribution is 0.327. The fraction of sp³-hybridized carbons (Fsp3) is 0.348. The molecule has 8 nitrogen and oxygen atoms in total. The molecule has 31 heavy (non-hydrogen) atoms. The fourth-order valence-electron chi connectivity index (χ4n) is 4.36. The molecule has 1 atom stereocenters. The van der Waals surface area contributed by atoms with Crippen LogP contribution in [0.1, 0.15) is 24.7 Å². The minimum atomic E-state index is 0.181. The highest BCUT2D eigenvalue weighted by molar-refractivity contribution is 5.99. The topological polar surface area (TPSA) is 82.7 Å². The molecule has 0 N–H and O–H groups in total. The monoisotopic (exact) mass is 420 g/mol. The van der Waals surface area contributed by atoms with Crippen LogP contribution in [0.5, 0.6) is 17.2 Å². The average molecular weight is 420 g/mol. The van der Waals surface area contributed by atoms with Gasteiger partial charge in [-0.1, -0.05) is 12.1 Å². The van der Waals surface area contributed by atoms with Gasteiger partial charge < -0.3 is 23.5 Å². The Hall–Kier alpha value is -3.55. The summed E-state index contributed by atoms with van der Waals surface area (Å²) < 4.78 is 22.8. The number of fused-ring (bicyclic) bond motifs is 2. The van der Waals surface area contributed by atoms with Crippen molar-refractivity contribution in [1.82, 2.24) is 15.2 Å². The second-order valence-electron chi connectivity index (χ2n) is 7.58. The predicted molar refractivity (Wildman–Crippen MR) is 117 cm³/mol. The van der Waals surface area contributed by atoms with Crippen molar-refractivity contribution >= 4 is 27.7 Å². The van der Waals surface area contributed by atoms with Gasteiger partial charge in [-0.15, -0.1) is 5.10 Å². The smallest absolute Gasteiger partial charge is 0.204 e. The van der Waals surface area contributed by atoms with E-state index >= 15 is 0 Å². The van der Waals surface area contributed by atoms with E-state index in [1.165, 1.54) is 0 Å². The Kier molecular flexibility index (Phi) is 4.97. The van der Waals surface area contributed by atoms with Crippen LogP contribution < -0.4 is 19.1 Å². The Labute approximate surface area is 179 Å². The minimum absolute atomic E-state index is 0.181. The van der Waals surface area contributed by atoms with E-state index in [1.54, 1.807) is 27.5 Å². The summed E-state index contributed by atoms with van der Waals surface area (Å²) in [4.78, 5) is 6.96. The molecule has 4 aromatic rings. The first kappa shape index (κ1) is 19.4. The third-order valence-corrected chi connectivity index (χ3v) is 5.83. The maximum atomic E-state index is 6.05. The number of ether oxygens (including phenoxy) is 3. The van der Waals surface area contributed by atoms with E-state index in [-0.39, 0.29) is 5.92 Å². The van der Waals surface area contributed by atoms with Crippen LogP contribution in [0.3, 0.4) is 0 Å². The van der Waals surface area contributed by atoms with Gasteiger partial charge in [0.25, 0.3) is 0 Å². The van der Waals surface area contributed by atoms with Crippen LogP contribution >= 0.6 is 0 Å². The van der Waals surface area contributed by atoms with Gasteiger partial charge in [0.15, 0.2) is 28.8 Å². The first-order valence-electron chi connectivity index (χ1n) is 10.3. The molecule has 1 saturated heterocycles. The molecule has 2 aromatic carbocycles. The van der Waals surface area contributed by atoms with E-state index in [0.717, 1.165) is 59.5 Å². The second kappa shape index (κ2) is 7.94. The van der Waals surface area contributed by atoms with Crippen molar-refractivity contribution < 1.29 is 18.6 Å². The zero-order valence-electron chi connectivity index (χ0n) is 17.8. The molecule has 0 amide bonds.